The van der Waals surface area contributed by atoms with Crippen LogP contribution < -0.4 is 10.1 Å². The first-order valence-corrected chi connectivity index (χ1v) is 14.1. The number of nitrogens with zero attached hydrogens (tertiary/aromatic N) is 1. The van der Waals surface area contributed by atoms with Gasteiger partial charge in [-0.05, 0) is 67.6 Å². The van der Waals surface area contributed by atoms with Gasteiger partial charge in [0.2, 0.25) is 0 Å². The number of halogens is 1. The lowest BCUT2D eigenvalue weighted by Crippen LogP contribution is -2.28. The van der Waals surface area contributed by atoms with E-state index in [4.69, 9.17) is 4.74 Å². The molecule has 222 valence electrons. The summed E-state index contributed by atoms with van der Waals surface area (Å²) in [7, 11) is 1.40. The van der Waals surface area contributed by atoms with Crippen LogP contribution in [0.3, 0.4) is 0 Å². The van der Waals surface area contributed by atoms with Crippen LogP contribution in [0.4, 0.5) is 4.39 Å². The normalized spacial score (nSPS) is 11.4. The van der Waals surface area contributed by atoms with Crippen molar-refractivity contribution in [2.45, 2.75) is 46.6 Å². The summed E-state index contributed by atoms with van der Waals surface area (Å²) in [6.07, 6.45) is 2.94. The zero-order chi connectivity index (χ0) is 31.1. The van der Waals surface area contributed by atoms with Crippen LogP contribution in [0.2, 0.25) is 0 Å². The van der Waals surface area contributed by atoms with Crippen molar-refractivity contribution in [1.82, 2.24) is 15.3 Å². The number of rotatable bonds is 9. The molecule has 0 aliphatic carbocycles. The summed E-state index contributed by atoms with van der Waals surface area (Å²) in [4.78, 5) is 33.7. The number of H-pyrrole nitrogens is 1. The van der Waals surface area contributed by atoms with Crippen molar-refractivity contribution in [3.63, 3.8) is 0 Å². The molecule has 0 bridgehead atoms. The van der Waals surface area contributed by atoms with Crippen LogP contribution in [-0.2, 0) is 0 Å². The monoisotopic (exact) mass is 581 g/mol. The van der Waals surface area contributed by atoms with Crippen LogP contribution in [0, 0.1) is 26.6 Å². The molecule has 0 aliphatic heterocycles. The number of carboxylic acids is 1. The molecular formula is C35H36FN3O4. The Bertz CT molecular complexity index is 1700. The number of aromatic amines is 1. The maximum Gasteiger partial charge on any atom is 0.336 e. The second kappa shape index (κ2) is 13.8. The number of hydrogen-bond donors (Lipinski definition) is 3. The highest BCUT2D eigenvalue weighted by molar-refractivity contribution is 6.03. The van der Waals surface area contributed by atoms with Crippen LogP contribution in [-0.4, -0.2) is 34.1 Å². The van der Waals surface area contributed by atoms with Crippen LogP contribution in [0.5, 0.6) is 5.75 Å². The van der Waals surface area contributed by atoms with Gasteiger partial charge in [-0.3, -0.25) is 4.79 Å². The highest BCUT2D eigenvalue weighted by Gasteiger charge is 2.22. The van der Waals surface area contributed by atoms with Gasteiger partial charge in [-0.2, -0.15) is 0 Å². The van der Waals surface area contributed by atoms with Crippen molar-refractivity contribution in [2.75, 3.05) is 7.11 Å². The van der Waals surface area contributed by atoms with Gasteiger partial charge in [0.25, 0.3) is 5.91 Å². The summed E-state index contributed by atoms with van der Waals surface area (Å²) in [5.41, 5.74) is 4.87. The van der Waals surface area contributed by atoms with Crippen molar-refractivity contribution in [3.8, 4) is 28.3 Å². The predicted molar refractivity (Wildman–Crippen MR) is 166 cm³/mol. The highest BCUT2D eigenvalue weighted by Crippen LogP contribution is 2.36. The molecule has 3 N–H and O–H groups in total. The summed E-state index contributed by atoms with van der Waals surface area (Å²) in [5.74, 6) is -1.59. The van der Waals surface area contributed by atoms with E-state index in [0.717, 1.165) is 24.0 Å². The number of methoxy groups -OCH3 is 1. The molecule has 1 heterocycles. The molecule has 0 saturated heterocycles. The van der Waals surface area contributed by atoms with Gasteiger partial charge < -0.3 is 20.1 Å². The van der Waals surface area contributed by atoms with Crippen molar-refractivity contribution < 1.29 is 23.8 Å². The lowest BCUT2D eigenvalue weighted by Gasteiger charge is -2.20. The van der Waals surface area contributed by atoms with Crippen LogP contribution in [0.1, 0.15) is 68.9 Å². The van der Waals surface area contributed by atoms with Gasteiger partial charge in [0.05, 0.1) is 18.7 Å². The molecule has 7 nitrogen and oxygen atoms in total. The van der Waals surface area contributed by atoms with Gasteiger partial charge >= 0.3 is 5.97 Å². The molecule has 0 aliphatic rings. The number of carbonyl (C=O) groups is 2. The van der Waals surface area contributed by atoms with Gasteiger partial charge in [-0.15, -0.1) is 0 Å². The molecule has 0 unspecified atom stereocenters. The molecule has 1 atom stereocenters. The maximum absolute atomic E-state index is 14.7. The Labute approximate surface area is 251 Å². The Morgan fingerprint density at radius 1 is 1.00 bits per heavy atom. The molecule has 8 heteroatoms. The number of ether oxygens (including phenoxy) is 1. The summed E-state index contributed by atoms with van der Waals surface area (Å²) in [5, 5.41) is 13.4. The summed E-state index contributed by atoms with van der Waals surface area (Å²) < 4.78 is 20.0. The minimum Gasteiger partial charge on any atom is -0.493 e. The second-order valence-corrected chi connectivity index (χ2v) is 10.3. The maximum atomic E-state index is 14.7. The predicted octanol–water partition coefficient (Wildman–Crippen LogP) is 7.91. The Kier molecular flexibility index (Phi) is 9.93. The summed E-state index contributed by atoms with van der Waals surface area (Å²) >= 11 is 0. The quantitative estimate of drug-likeness (QED) is 0.186. The molecule has 4 aromatic rings. The number of aryl methyl sites for hydroxylation is 2. The number of nitrogens with one attached hydrogen (secondary N) is 2. The fourth-order valence-electron chi connectivity index (χ4n) is 5.13. The molecule has 43 heavy (non-hydrogen) atoms. The highest BCUT2D eigenvalue weighted by atomic mass is 19.1. The topological polar surface area (TPSA) is 104 Å². The van der Waals surface area contributed by atoms with Crippen LogP contribution >= 0.6 is 0 Å². The van der Waals surface area contributed by atoms with E-state index in [1.807, 2.05) is 62.4 Å². The van der Waals surface area contributed by atoms with E-state index in [1.165, 1.54) is 25.4 Å². The van der Waals surface area contributed by atoms with Gasteiger partial charge in [-0.25, -0.2) is 14.2 Å². The average Bonchev–Trinajstić information content (AvgIpc) is 3.05. The lowest BCUT2D eigenvalue weighted by molar-refractivity contribution is 0.0697. The van der Waals surface area contributed by atoms with E-state index < -0.39 is 11.8 Å². The van der Waals surface area contributed by atoms with E-state index in [1.54, 1.807) is 26.0 Å². The van der Waals surface area contributed by atoms with Crippen LogP contribution in [0.15, 0.2) is 79.0 Å². The minimum atomic E-state index is -1.17. The van der Waals surface area contributed by atoms with Crippen LogP contribution in [0.25, 0.3) is 22.5 Å². The molecule has 0 spiro atoms. The molecule has 0 radical (unpaired) electrons. The van der Waals surface area contributed by atoms with E-state index in [9.17, 15) is 19.1 Å². The first-order chi connectivity index (χ1) is 20.7. The van der Waals surface area contributed by atoms with Crippen molar-refractivity contribution >= 4 is 11.9 Å². The average molecular weight is 582 g/mol. The van der Waals surface area contributed by atoms with E-state index in [-0.39, 0.29) is 28.8 Å². The number of carboxylic acid groups (broad SMARTS) is 1. The van der Waals surface area contributed by atoms with Gasteiger partial charge in [0, 0.05) is 28.6 Å². The number of aromatic carboxylic acids is 1. The van der Waals surface area contributed by atoms with E-state index >= 15 is 0 Å². The SMILES string of the molecule is CCC[C@@H](NC(=O)c1ccc(-c2c(C)cccc2-c2nccc(F)c(OC)c(C)c(C)[nH]2)c(C(=O)O)c1)c1ccccc1. The zero-order valence-electron chi connectivity index (χ0n) is 25.0. The number of benzene rings is 3. The standard InChI is InChI=1S/C35H36FN3O4/c1-6-11-30(24-13-8-7-9-14-24)39-34(40)25-16-17-26(28(20-25)35(41)42)31-21(2)12-10-15-27(31)33-37-19-18-29(36)32(43-5)22(3)23(4)38-33/h7-10,12-20,30H,6,11H2,1-5H3,(H,37,38)(H,39,40)(H,41,42)/t30-/m1/s1. The van der Waals surface area contributed by atoms with Crippen molar-refractivity contribution in [1.29, 1.82) is 0 Å². The lowest BCUT2D eigenvalue weighted by atomic mass is 9.90. The minimum absolute atomic E-state index is 0.0213. The number of carbonyl (C=O) groups excluding carboxylic acids is 1. The molecule has 0 saturated carbocycles. The van der Waals surface area contributed by atoms with Gasteiger partial charge in [-0.1, -0.05) is 67.9 Å². The second-order valence-electron chi connectivity index (χ2n) is 10.3. The largest absolute Gasteiger partial charge is 0.493 e. The van der Waals surface area contributed by atoms with E-state index in [2.05, 4.69) is 15.3 Å². The Balaban J connectivity index is 1.84. The molecule has 3 aromatic carbocycles. The Morgan fingerprint density at radius 3 is 2.42 bits per heavy atom. The third-order valence-electron chi connectivity index (χ3n) is 7.45. The molecule has 1 aromatic heterocycles. The smallest absolute Gasteiger partial charge is 0.336 e. The number of amides is 1. The first-order valence-electron chi connectivity index (χ1n) is 14.1. The Morgan fingerprint density at radius 2 is 1.74 bits per heavy atom. The third-order valence-corrected chi connectivity index (χ3v) is 7.45. The number of aromatic nitrogens is 2. The third kappa shape index (κ3) is 6.92. The molecule has 0 fully saturated rings. The summed E-state index contributed by atoms with van der Waals surface area (Å²) in [6.45, 7) is 7.46. The molecule has 1 amide bonds. The zero-order valence-corrected chi connectivity index (χ0v) is 25.0. The first kappa shape index (κ1) is 31.0. The van der Waals surface area contributed by atoms with Gasteiger partial charge in [0.1, 0.15) is 5.82 Å². The Hall–Kier alpha value is -4.98. The fourth-order valence-corrected chi connectivity index (χ4v) is 5.13. The van der Waals surface area contributed by atoms with Crippen molar-refractivity contribution in [2.24, 2.45) is 0 Å². The fraction of sp³-hybridized carbons (Fsp3) is 0.229. The van der Waals surface area contributed by atoms with E-state index in [0.29, 0.717) is 33.8 Å². The van der Waals surface area contributed by atoms with Crippen molar-refractivity contribution in [3.05, 3.63) is 118 Å². The summed E-state index contributed by atoms with van der Waals surface area (Å²) in [6, 6.07) is 21.0. The molecular weight excluding hydrogens is 545 g/mol. The molecule has 4 rings (SSSR count). The number of hydrogen-bond acceptors (Lipinski definition) is 4. The van der Waals surface area contributed by atoms with Gasteiger partial charge in [0.15, 0.2) is 11.6 Å².